The molecule has 0 aliphatic carbocycles. The zero-order valence-corrected chi connectivity index (χ0v) is 15.7. The average molecular weight is 398 g/mol. The molecule has 0 atom stereocenters. The number of nitrogens with zero attached hydrogens (tertiary/aromatic N) is 3. The summed E-state index contributed by atoms with van der Waals surface area (Å²) < 4.78 is 28.2. The second kappa shape index (κ2) is 9.18. The first-order valence-electron chi connectivity index (χ1n) is 8.11. The molecule has 26 heavy (non-hydrogen) atoms. The maximum absolute atomic E-state index is 14.1. The Morgan fingerprint density at radius 2 is 1.73 bits per heavy atom. The van der Waals surface area contributed by atoms with Gasteiger partial charge in [0.1, 0.15) is 11.6 Å². The number of rotatable bonds is 4. The van der Waals surface area contributed by atoms with E-state index in [9.17, 15) is 8.78 Å². The van der Waals surface area contributed by atoms with Crippen molar-refractivity contribution in [3.05, 3.63) is 64.7 Å². The molecule has 1 fully saturated rings. The van der Waals surface area contributed by atoms with Crippen LogP contribution in [0.4, 0.5) is 14.5 Å². The summed E-state index contributed by atoms with van der Waals surface area (Å²) in [5.74, 6) is -0.319. The van der Waals surface area contributed by atoms with Crippen LogP contribution >= 0.6 is 24.0 Å². The molecule has 1 aliphatic rings. The van der Waals surface area contributed by atoms with E-state index in [-0.39, 0.29) is 24.0 Å². The Balaban J connectivity index is 0.00000243. The first-order chi connectivity index (χ1) is 12.1. The van der Waals surface area contributed by atoms with Crippen LogP contribution in [-0.4, -0.2) is 31.1 Å². The van der Waals surface area contributed by atoms with Gasteiger partial charge >= 0.3 is 0 Å². The SMILES string of the molecule is Cl.N#Cc1ccc(N2CCN(Cc3ccc(CCl)cc3F)CC2)c(F)c1. The lowest BCUT2D eigenvalue weighted by Gasteiger charge is -2.36. The Morgan fingerprint density at radius 3 is 2.31 bits per heavy atom. The van der Waals surface area contributed by atoms with Gasteiger partial charge in [0, 0.05) is 44.2 Å². The molecule has 0 unspecified atom stereocenters. The van der Waals surface area contributed by atoms with Crippen molar-refractivity contribution in [1.29, 1.82) is 5.26 Å². The smallest absolute Gasteiger partial charge is 0.147 e. The van der Waals surface area contributed by atoms with E-state index in [1.54, 1.807) is 18.2 Å². The lowest BCUT2D eigenvalue weighted by atomic mass is 10.1. The number of hydrogen-bond acceptors (Lipinski definition) is 3. The Morgan fingerprint density at radius 1 is 1.00 bits per heavy atom. The van der Waals surface area contributed by atoms with Crippen LogP contribution in [0.1, 0.15) is 16.7 Å². The van der Waals surface area contributed by atoms with E-state index in [1.165, 1.54) is 12.1 Å². The molecule has 2 aromatic carbocycles. The van der Waals surface area contributed by atoms with Crippen LogP contribution in [0.15, 0.2) is 36.4 Å². The molecule has 2 aromatic rings. The largest absolute Gasteiger partial charge is 0.367 e. The molecule has 0 N–H and O–H groups in total. The second-order valence-electron chi connectivity index (χ2n) is 6.10. The Hall–Kier alpha value is -1.87. The molecule has 3 rings (SSSR count). The van der Waals surface area contributed by atoms with Crippen LogP contribution in [0.3, 0.4) is 0 Å². The van der Waals surface area contributed by atoms with Crippen molar-refractivity contribution >= 4 is 29.7 Å². The van der Waals surface area contributed by atoms with Crippen molar-refractivity contribution < 1.29 is 8.78 Å². The van der Waals surface area contributed by atoms with Gasteiger partial charge in [-0.05, 0) is 29.8 Å². The fraction of sp³-hybridized carbons (Fsp3) is 0.316. The highest BCUT2D eigenvalue weighted by Crippen LogP contribution is 2.23. The number of alkyl halides is 1. The monoisotopic (exact) mass is 397 g/mol. The summed E-state index contributed by atoms with van der Waals surface area (Å²) in [7, 11) is 0. The highest BCUT2D eigenvalue weighted by molar-refractivity contribution is 6.17. The van der Waals surface area contributed by atoms with E-state index >= 15 is 0 Å². The summed E-state index contributed by atoms with van der Waals surface area (Å²) in [5, 5.41) is 8.82. The van der Waals surface area contributed by atoms with Gasteiger partial charge in [0.15, 0.2) is 0 Å². The highest BCUT2D eigenvalue weighted by Gasteiger charge is 2.20. The lowest BCUT2D eigenvalue weighted by Crippen LogP contribution is -2.46. The van der Waals surface area contributed by atoms with Gasteiger partial charge in [-0.3, -0.25) is 4.90 Å². The van der Waals surface area contributed by atoms with E-state index in [2.05, 4.69) is 4.90 Å². The Labute approximate surface area is 163 Å². The van der Waals surface area contributed by atoms with E-state index in [4.69, 9.17) is 16.9 Å². The molecule has 7 heteroatoms. The van der Waals surface area contributed by atoms with Gasteiger partial charge in [0.2, 0.25) is 0 Å². The second-order valence-corrected chi connectivity index (χ2v) is 6.37. The van der Waals surface area contributed by atoms with Crippen molar-refractivity contribution in [2.24, 2.45) is 0 Å². The molecule has 3 nitrogen and oxygen atoms in total. The van der Waals surface area contributed by atoms with Crippen LogP contribution in [0.2, 0.25) is 0 Å². The summed E-state index contributed by atoms with van der Waals surface area (Å²) in [4.78, 5) is 4.11. The van der Waals surface area contributed by atoms with E-state index in [1.807, 2.05) is 17.0 Å². The van der Waals surface area contributed by atoms with Crippen molar-refractivity contribution in [3.63, 3.8) is 0 Å². The number of benzene rings is 2. The molecule has 0 aromatic heterocycles. The van der Waals surface area contributed by atoms with Gasteiger partial charge in [0.25, 0.3) is 0 Å². The third kappa shape index (κ3) is 4.64. The van der Waals surface area contributed by atoms with Crippen LogP contribution in [0, 0.1) is 23.0 Å². The zero-order valence-electron chi connectivity index (χ0n) is 14.1. The molecule has 0 bridgehead atoms. The molecular formula is C19H19Cl2F2N3. The van der Waals surface area contributed by atoms with E-state index in [0.29, 0.717) is 42.3 Å². The predicted octanol–water partition coefficient (Wildman–Crippen LogP) is 4.32. The van der Waals surface area contributed by atoms with Gasteiger partial charge in [-0.25, -0.2) is 8.78 Å². The topological polar surface area (TPSA) is 30.3 Å². The maximum Gasteiger partial charge on any atom is 0.147 e. The number of piperazine rings is 1. The first-order valence-corrected chi connectivity index (χ1v) is 8.64. The molecule has 0 radical (unpaired) electrons. The fourth-order valence-electron chi connectivity index (χ4n) is 3.02. The standard InChI is InChI=1S/C19H18ClF2N3.ClH/c20-11-14-1-3-16(17(21)9-14)13-24-5-7-25(8-6-24)19-4-2-15(12-23)10-18(19)22;/h1-4,9-10H,5-8,11,13H2;1H. The summed E-state index contributed by atoms with van der Waals surface area (Å²) >= 11 is 5.72. The zero-order chi connectivity index (χ0) is 17.8. The minimum atomic E-state index is -0.379. The number of anilines is 1. The Bertz CT molecular complexity index is 800. The molecule has 0 saturated carbocycles. The third-order valence-corrected chi connectivity index (χ3v) is 4.76. The quantitative estimate of drug-likeness (QED) is 0.719. The number of hydrogen-bond donors (Lipinski definition) is 0. The lowest BCUT2D eigenvalue weighted by molar-refractivity contribution is 0.246. The Kier molecular flexibility index (Phi) is 7.22. The van der Waals surface area contributed by atoms with Crippen molar-refractivity contribution in [2.75, 3.05) is 31.1 Å². The maximum atomic E-state index is 14.1. The predicted molar refractivity (Wildman–Crippen MR) is 102 cm³/mol. The summed E-state index contributed by atoms with van der Waals surface area (Å²) in [6.45, 7) is 3.28. The van der Waals surface area contributed by atoms with Gasteiger partial charge in [-0.15, -0.1) is 24.0 Å². The third-order valence-electron chi connectivity index (χ3n) is 4.46. The minimum Gasteiger partial charge on any atom is -0.367 e. The summed E-state index contributed by atoms with van der Waals surface area (Å²) in [6, 6.07) is 11.6. The van der Waals surface area contributed by atoms with E-state index < -0.39 is 0 Å². The minimum absolute atomic E-state index is 0. The summed E-state index contributed by atoms with van der Waals surface area (Å²) in [5.41, 5.74) is 2.24. The molecule has 0 spiro atoms. The molecular weight excluding hydrogens is 379 g/mol. The van der Waals surface area contributed by atoms with Crippen LogP contribution in [0.25, 0.3) is 0 Å². The highest BCUT2D eigenvalue weighted by atomic mass is 35.5. The van der Waals surface area contributed by atoms with Gasteiger partial charge in [-0.2, -0.15) is 5.26 Å². The molecule has 138 valence electrons. The normalized spacial score (nSPS) is 14.6. The fourth-order valence-corrected chi connectivity index (χ4v) is 3.19. The molecule has 1 aliphatic heterocycles. The van der Waals surface area contributed by atoms with Crippen molar-refractivity contribution in [2.45, 2.75) is 12.4 Å². The average Bonchev–Trinajstić information content (AvgIpc) is 2.64. The number of halogens is 4. The van der Waals surface area contributed by atoms with Crippen LogP contribution in [-0.2, 0) is 12.4 Å². The first kappa shape index (κ1) is 20.4. The summed E-state index contributed by atoms with van der Waals surface area (Å²) in [6.07, 6.45) is 0. The molecule has 1 heterocycles. The van der Waals surface area contributed by atoms with Gasteiger partial charge in [-0.1, -0.05) is 12.1 Å². The van der Waals surface area contributed by atoms with E-state index in [0.717, 1.165) is 18.7 Å². The van der Waals surface area contributed by atoms with Crippen molar-refractivity contribution in [1.82, 2.24) is 4.90 Å². The van der Waals surface area contributed by atoms with Gasteiger partial charge in [0.05, 0.1) is 17.3 Å². The molecule has 0 amide bonds. The van der Waals surface area contributed by atoms with Crippen LogP contribution in [0.5, 0.6) is 0 Å². The van der Waals surface area contributed by atoms with Crippen molar-refractivity contribution in [3.8, 4) is 6.07 Å². The molecule has 1 saturated heterocycles. The van der Waals surface area contributed by atoms with Gasteiger partial charge < -0.3 is 4.90 Å². The number of nitriles is 1. The van der Waals surface area contributed by atoms with Crippen LogP contribution < -0.4 is 4.90 Å².